The van der Waals surface area contributed by atoms with Crippen molar-refractivity contribution in [2.45, 2.75) is 46.0 Å². The van der Waals surface area contributed by atoms with Crippen LogP contribution in [0.1, 0.15) is 47.8 Å². The van der Waals surface area contributed by atoms with E-state index in [-0.39, 0.29) is 31.6 Å². The molecular weight excluding hydrogens is 428 g/mol. The summed E-state index contributed by atoms with van der Waals surface area (Å²) in [6.07, 6.45) is -0.148. The number of hydrogen-bond acceptors (Lipinski definition) is 5. The molecule has 3 aromatic rings. The van der Waals surface area contributed by atoms with Gasteiger partial charge in [0.2, 0.25) is 5.92 Å². The van der Waals surface area contributed by atoms with Gasteiger partial charge in [-0.15, -0.1) is 0 Å². The number of carbonyl (C=O) groups is 1. The highest BCUT2D eigenvalue weighted by atomic mass is 19.3. The number of aryl methyl sites for hydroxylation is 1. The SMILES string of the molecule is CCOC(=O)c1c(-c2cc3ccccc3nc2N2CCCC(F)(F)CC2)[nH]c(C)c(C)c1=O. The van der Waals surface area contributed by atoms with E-state index in [4.69, 9.17) is 9.72 Å². The summed E-state index contributed by atoms with van der Waals surface area (Å²) in [5.74, 6) is -2.98. The third-order valence-corrected chi connectivity index (χ3v) is 6.16. The second kappa shape index (κ2) is 8.92. The molecule has 1 aromatic carbocycles. The van der Waals surface area contributed by atoms with Crippen molar-refractivity contribution < 1.29 is 18.3 Å². The topological polar surface area (TPSA) is 75.3 Å². The number of aromatic nitrogens is 2. The van der Waals surface area contributed by atoms with Crippen molar-refractivity contribution in [1.29, 1.82) is 0 Å². The first kappa shape index (κ1) is 22.9. The van der Waals surface area contributed by atoms with Gasteiger partial charge in [0, 0.05) is 48.1 Å². The van der Waals surface area contributed by atoms with Gasteiger partial charge in [-0.05, 0) is 39.3 Å². The van der Waals surface area contributed by atoms with Crippen molar-refractivity contribution in [3.05, 3.63) is 57.4 Å². The quantitative estimate of drug-likeness (QED) is 0.560. The molecule has 1 aliphatic rings. The molecule has 0 atom stereocenters. The van der Waals surface area contributed by atoms with Crippen LogP contribution >= 0.6 is 0 Å². The van der Waals surface area contributed by atoms with E-state index in [0.29, 0.717) is 46.8 Å². The summed E-state index contributed by atoms with van der Waals surface area (Å²) in [5, 5.41) is 0.810. The Bertz CT molecular complexity index is 1270. The molecule has 2 aromatic heterocycles. The molecule has 0 spiro atoms. The maximum atomic E-state index is 14.1. The Morgan fingerprint density at radius 1 is 1.21 bits per heavy atom. The lowest BCUT2D eigenvalue weighted by atomic mass is 10.0. The summed E-state index contributed by atoms with van der Waals surface area (Å²) in [6.45, 7) is 5.72. The molecule has 6 nitrogen and oxygen atoms in total. The van der Waals surface area contributed by atoms with Crippen LogP contribution in [0.5, 0.6) is 0 Å². The van der Waals surface area contributed by atoms with Crippen LogP contribution in [-0.2, 0) is 4.74 Å². The summed E-state index contributed by atoms with van der Waals surface area (Å²) in [7, 11) is 0. The lowest BCUT2D eigenvalue weighted by Crippen LogP contribution is -2.28. The average Bonchev–Trinajstić information content (AvgIpc) is 2.96. The minimum atomic E-state index is -2.73. The predicted octanol–water partition coefficient (Wildman–Crippen LogP) is 5.01. The van der Waals surface area contributed by atoms with E-state index in [1.807, 2.05) is 35.2 Å². The lowest BCUT2D eigenvalue weighted by Gasteiger charge is -2.25. The van der Waals surface area contributed by atoms with Crippen molar-refractivity contribution >= 4 is 22.7 Å². The second-order valence-corrected chi connectivity index (χ2v) is 8.42. The highest BCUT2D eigenvalue weighted by Crippen LogP contribution is 2.36. The maximum Gasteiger partial charge on any atom is 0.344 e. The van der Waals surface area contributed by atoms with Crippen LogP contribution in [0.25, 0.3) is 22.2 Å². The highest BCUT2D eigenvalue weighted by Gasteiger charge is 2.33. The number of para-hydroxylation sites is 1. The first-order valence-corrected chi connectivity index (χ1v) is 11.2. The zero-order valence-electron chi connectivity index (χ0n) is 19.0. The first-order chi connectivity index (χ1) is 15.7. The Morgan fingerprint density at radius 3 is 2.73 bits per heavy atom. The Morgan fingerprint density at radius 2 is 1.97 bits per heavy atom. The number of esters is 1. The molecule has 1 saturated heterocycles. The molecule has 0 bridgehead atoms. The molecule has 0 saturated carbocycles. The van der Waals surface area contributed by atoms with Crippen molar-refractivity contribution in [2.75, 3.05) is 24.6 Å². The zero-order chi connectivity index (χ0) is 23.8. The monoisotopic (exact) mass is 455 g/mol. The molecular formula is C25H27F2N3O3. The third-order valence-electron chi connectivity index (χ3n) is 6.16. The summed E-state index contributed by atoms with van der Waals surface area (Å²) < 4.78 is 33.4. The van der Waals surface area contributed by atoms with Gasteiger partial charge in [-0.1, -0.05) is 18.2 Å². The minimum Gasteiger partial charge on any atom is -0.462 e. The average molecular weight is 456 g/mol. The molecule has 1 aliphatic heterocycles. The zero-order valence-corrected chi connectivity index (χ0v) is 19.0. The number of fused-ring (bicyclic) bond motifs is 1. The molecule has 0 amide bonds. The molecule has 0 unspecified atom stereocenters. The van der Waals surface area contributed by atoms with Crippen LogP contribution in [0.4, 0.5) is 14.6 Å². The van der Waals surface area contributed by atoms with E-state index >= 15 is 0 Å². The number of H-pyrrole nitrogens is 1. The largest absolute Gasteiger partial charge is 0.462 e. The number of rotatable bonds is 4. The lowest BCUT2D eigenvalue weighted by molar-refractivity contribution is -0.0102. The van der Waals surface area contributed by atoms with Gasteiger partial charge in [-0.25, -0.2) is 18.6 Å². The van der Waals surface area contributed by atoms with Gasteiger partial charge in [0.25, 0.3) is 0 Å². The van der Waals surface area contributed by atoms with Crippen LogP contribution in [-0.4, -0.2) is 41.6 Å². The summed E-state index contributed by atoms with van der Waals surface area (Å²) in [4.78, 5) is 35.8. The van der Waals surface area contributed by atoms with Gasteiger partial charge in [-0.2, -0.15) is 0 Å². The molecule has 3 heterocycles. The van der Waals surface area contributed by atoms with Gasteiger partial charge < -0.3 is 14.6 Å². The van der Waals surface area contributed by atoms with E-state index in [0.717, 1.165) is 5.39 Å². The first-order valence-electron chi connectivity index (χ1n) is 11.2. The number of carbonyl (C=O) groups excluding carboxylic acids is 1. The Labute approximate surface area is 190 Å². The standard InChI is InChI=1S/C25H27F2N3O3/c1-4-33-24(32)20-21(28-16(3)15(2)22(20)31)18-14-17-8-5-6-9-19(17)29-23(18)30-12-7-10-25(26,27)11-13-30/h5-6,8-9,14H,4,7,10-13H2,1-3H3,(H,28,31). The molecule has 1 fully saturated rings. The number of ether oxygens (including phenoxy) is 1. The number of alkyl halides is 2. The summed E-state index contributed by atoms with van der Waals surface area (Å²) in [5.41, 5.74) is 2.04. The molecule has 33 heavy (non-hydrogen) atoms. The van der Waals surface area contributed by atoms with E-state index in [1.54, 1.807) is 20.8 Å². The Hall–Kier alpha value is -3.29. The van der Waals surface area contributed by atoms with Crippen LogP contribution in [0, 0.1) is 13.8 Å². The van der Waals surface area contributed by atoms with Crippen molar-refractivity contribution in [3.8, 4) is 11.3 Å². The number of nitrogens with one attached hydrogen (secondary N) is 1. The molecule has 1 N–H and O–H groups in total. The molecule has 0 aliphatic carbocycles. The van der Waals surface area contributed by atoms with Crippen LogP contribution in [0.15, 0.2) is 35.1 Å². The third kappa shape index (κ3) is 4.47. The van der Waals surface area contributed by atoms with Gasteiger partial charge in [0.1, 0.15) is 11.4 Å². The van der Waals surface area contributed by atoms with E-state index in [2.05, 4.69) is 4.98 Å². The molecule has 174 valence electrons. The summed E-state index contributed by atoms with van der Waals surface area (Å²) in [6, 6.07) is 9.32. The number of nitrogens with zero attached hydrogens (tertiary/aromatic N) is 2. The molecule has 0 radical (unpaired) electrons. The number of benzene rings is 1. The fourth-order valence-electron chi connectivity index (χ4n) is 4.22. The van der Waals surface area contributed by atoms with Crippen LogP contribution in [0.3, 0.4) is 0 Å². The normalized spacial score (nSPS) is 16.0. The van der Waals surface area contributed by atoms with Gasteiger partial charge >= 0.3 is 5.97 Å². The number of pyridine rings is 2. The fraction of sp³-hybridized carbons (Fsp3) is 0.400. The fourth-order valence-corrected chi connectivity index (χ4v) is 4.22. The maximum absolute atomic E-state index is 14.1. The van der Waals surface area contributed by atoms with Crippen molar-refractivity contribution in [3.63, 3.8) is 0 Å². The van der Waals surface area contributed by atoms with Gasteiger partial charge in [0.15, 0.2) is 5.43 Å². The van der Waals surface area contributed by atoms with Crippen molar-refractivity contribution in [1.82, 2.24) is 9.97 Å². The Kier molecular flexibility index (Phi) is 6.19. The van der Waals surface area contributed by atoms with Gasteiger partial charge in [-0.3, -0.25) is 4.79 Å². The predicted molar refractivity (Wildman–Crippen MR) is 124 cm³/mol. The highest BCUT2D eigenvalue weighted by molar-refractivity contribution is 5.99. The van der Waals surface area contributed by atoms with E-state index in [9.17, 15) is 18.4 Å². The summed E-state index contributed by atoms with van der Waals surface area (Å²) >= 11 is 0. The van der Waals surface area contributed by atoms with Crippen molar-refractivity contribution in [2.24, 2.45) is 0 Å². The number of aromatic amines is 1. The number of hydrogen-bond donors (Lipinski definition) is 1. The second-order valence-electron chi connectivity index (χ2n) is 8.42. The molecule has 4 rings (SSSR count). The smallest absolute Gasteiger partial charge is 0.344 e. The van der Waals surface area contributed by atoms with Crippen LogP contribution < -0.4 is 10.3 Å². The minimum absolute atomic E-state index is 0.0987. The van der Waals surface area contributed by atoms with Gasteiger partial charge in [0.05, 0.1) is 17.8 Å². The number of anilines is 1. The van der Waals surface area contributed by atoms with E-state index in [1.165, 1.54) is 0 Å². The molecule has 8 heteroatoms. The number of halogens is 2. The Balaban J connectivity index is 1.99. The van der Waals surface area contributed by atoms with E-state index < -0.39 is 17.3 Å². The van der Waals surface area contributed by atoms with Crippen LogP contribution in [0.2, 0.25) is 0 Å².